The van der Waals surface area contributed by atoms with Crippen LogP contribution in [0.2, 0.25) is 0 Å². The van der Waals surface area contributed by atoms with E-state index in [4.69, 9.17) is 4.74 Å². The lowest BCUT2D eigenvalue weighted by molar-refractivity contribution is -0.129. The first kappa shape index (κ1) is 25.9. The molecule has 1 heterocycles. The highest BCUT2D eigenvalue weighted by Gasteiger charge is 2.42. The van der Waals surface area contributed by atoms with Crippen molar-refractivity contribution in [1.29, 1.82) is 0 Å². The number of alkyl halides is 1. The summed E-state index contributed by atoms with van der Waals surface area (Å²) in [5.41, 5.74) is 0.466. The molecular weight excluding hydrogens is 463 g/mol. The van der Waals surface area contributed by atoms with Gasteiger partial charge < -0.3 is 9.64 Å². The molecule has 2 aliphatic rings. The first-order chi connectivity index (χ1) is 16.2. The van der Waals surface area contributed by atoms with Gasteiger partial charge in [-0.2, -0.15) is 0 Å². The molecule has 1 aromatic rings. The van der Waals surface area contributed by atoms with Crippen LogP contribution in [0.25, 0.3) is 0 Å². The normalized spacial score (nSPS) is 18.1. The van der Waals surface area contributed by atoms with Gasteiger partial charge in [0, 0.05) is 20.5 Å². The van der Waals surface area contributed by atoms with E-state index in [1.165, 1.54) is 6.07 Å². The number of hydrazone groups is 1. The molecule has 11 heteroatoms. The molecule has 3 rings (SSSR count). The molecule has 1 saturated carbocycles. The quantitative estimate of drug-likeness (QED) is 0.471. The van der Waals surface area contributed by atoms with Crippen molar-refractivity contribution in [3.05, 3.63) is 23.8 Å². The number of amidine groups is 1. The van der Waals surface area contributed by atoms with E-state index in [1.807, 2.05) is 11.6 Å². The van der Waals surface area contributed by atoms with Crippen LogP contribution in [0, 0.1) is 11.8 Å². The number of aryl methyl sites for hydroxylation is 1. The topological polar surface area (TPSA) is 108 Å². The summed E-state index contributed by atoms with van der Waals surface area (Å²) in [6.07, 6.45) is 4.91. The molecule has 0 saturated heterocycles. The maximum atomic E-state index is 13.3. The Labute approximate surface area is 200 Å². The highest BCUT2D eigenvalue weighted by atomic mass is 32.2. The Morgan fingerprint density at radius 2 is 2.03 bits per heavy atom. The number of nitrogens with zero attached hydrogens (tertiary/aromatic N) is 3. The number of imide groups is 1. The molecule has 1 N–H and O–H groups in total. The number of nitrogens with one attached hydrogen (secondary N) is 1. The molecule has 3 amide bonds. The second-order valence-electron chi connectivity index (χ2n) is 8.87. The second-order valence-corrected chi connectivity index (χ2v) is 10.5. The van der Waals surface area contributed by atoms with Crippen LogP contribution in [0.3, 0.4) is 0 Å². The minimum absolute atomic E-state index is 0.00762. The van der Waals surface area contributed by atoms with Crippen molar-refractivity contribution < 1.29 is 27.1 Å². The predicted molar refractivity (Wildman–Crippen MR) is 126 cm³/mol. The highest BCUT2D eigenvalue weighted by Crippen LogP contribution is 2.36. The number of carbonyl (C=O) groups is 2. The Balaban J connectivity index is 1.84. The monoisotopic (exact) mass is 496 g/mol. The Morgan fingerprint density at radius 1 is 1.29 bits per heavy atom. The van der Waals surface area contributed by atoms with E-state index < -0.39 is 34.6 Å². The molecule has 9 nitrogen and oxygen atoms in total. The van der Waals surface area contributed by atoms with Gasteiger partial charge in [-0.15, -0.1) is 10.1 Å². The third-order valence-corrected chi connectivity index (χ3v) is 7.28. The van der Waals surface area contributed by atoms with Crippen LogP contribution in [0.1, 0.15) is 51.0 Å². The summed E-state index contributed by atoms with van der Waals surface area (Å²) in [4.78, 5) is 27.4. The average Bonchev–Trinajstić information content (AvgIpc) is 3.54. The lowest BCUT2D eigenvalue weighted by atomic mass is 9.99. The van der Waals surface area contributed by atoms with Gasteiger partial charge in [-0.05, 0) is 36.8 Å². The lowest BCUT2D eigenvalue weighted by Gasteiger charge is -2.18. The van der Waals surface area contributed by atoms with Gasteiger partial charge in [0.05, 0.1) is 13.3 Å². The molecule has 0 radical (unpaired) electrons. The van der Waals surface area contributed by atoms with Crippen LogP contribution in [-0.2, 0) is 21.2 Å². The average molecular weight is 497 g/mol. The fourth-order valence-corrected chi connectivity index (χ4v) is 5.31. The summed E-state index contributed by atoms with van der Waals surface area (Å²) in [7, 11) is -0.942. The van der Waals surface area contributed by atoms with Crippen LogP contribution in [0.15, 0.2) is 28.2 Å². The smallest absolute Gasteiger partial charge is 0.359 e. The zero-order valence-electron chi connectivity index (χ0n) is 19.9. The highest BCUT2D eigenvalue weighted by molar-refractivity contribution is 7.90. The molecule has 0 unspecified atom stereocenters. The number of ether oxygens (including phenoxy) is 1. The number of hydrogen-bond acceptors (Lipinski definition) is 7. The van der Waals surface area contributed by atoms with Crippen molar-refractivity contribution in [1.82, 2.24) is 14.6 Å². The molecule has 1 aliphatic carbocycles. The van der Waals surface area contributed by atoms with Crippen molar-refractivity contribution >= 4 is 27.8 Å². The van der Waals surface area contributed by atoms with Crippen LogP contribution in [-0.4, -0.2) is 63.5 Å². The van der Waals surface area contributed by atoms with Crippen LogP contribution in [0.4, 0.5) is 9.18 Å². The minimum Gasteiger partial charge on any atom is -0.492 e. The maximum absolute atomic E-state index is 13.3. The number of carbonyl (C=O) groups excluding carboxylic acids is 2. The number of hydrogen-bond donors (Lipinski definition) is 1. The summed E-state index contributed by atoms with van der Waals surface area (Å²) >= 11 is 0. The predicted octanol–water partition coefficient (Wildman–Crippen LogP) is 3.30. The summed E-state index contributed by atoms with van der Waals surface area (Å²) in [6.45, 7) is 1.29. The largest absolute Gasteiger partial charge is 0.492 e. The zero-order chi connectivity index (χ0) is 24.9. The third-order valence-electron chi connectivity index (χ3n) is 5.84. The number of halogens is 1. The first-order valence-electron chi connectivity index (χ1n) is 11.7. The molecule has 34 heavy (non-hydrogen) atoms. The summed E-state index contributed by atoms with van der Waals surface area (Å²) < 4.78 is 46.6. The first-order valence-corrected chi connectivity index (χ1v) is 13.1. The molecule has 1 atom stereocenters. The molecule has 0 spiro atoms. The minimum atomic E-state index is -4.41. The standard InChI is InChI=1S/C23H33FN4O5S/c1-4-7-17-8-5-9-19(33-15-6-14-24)20(17)34(31,32)26-23(30)28-22(29)18(13-12-16-10-11-16)21(25-28)27(2)3/h5,8-9,16,18H,4,6-7,10-15H2,1-3H3,(H,26,30)/t18-/m1/s1. The fraction of sp³-hybridized carbons (Fsp3) is 0.609. The SMILES string of the molecule is CCCc1cccc(OCCCF)c1S(=O)(=O)NC(=O)N1N=C(N(C)C)[C@@H](CCC2CC2)C1=O. The van der Waals surface area contributed by atoms with Crippen molar-refractivity contribution in [2.75, 3.05) is 27.4 Å². The number of sulfonamides is 1. The van der Waals surface area contributed by atoms with E-state index >= 15 is 0 Å². The van der Waals surface area contributed by atoms with Gasteiger partial charge in [-0.3, -0.25) is 9.18 Å². The molecule has 0 aromatic heterocycles. The van der Waals surface area contributed by atoms with Crippen LogP contribution >= 0.6 is 0 Å². The Hall–Kier alpha value is -2.69. The van der Waals surface area contributed by atoms with E-state index in [1.54, 1.807) is 31.1 Å². The zero-order valence-corrected chi connectivity index (χ0v) is 20.7. The molecular formula is C23H33FN4O5S. The van der Waals surface area contributed by atoms with Crippen molar-refractivity contribution in [2.45, 2.75) is 56.8 Å². The Morgan fingerprint density at radius 3 is 2.65 bits per heavy atom. The molecule has 188 valence electrons. The van der Waals surface area contributed by atoms with Crippen molar-refractivity contribution in [3.63, 3.8) is 0 Å². The Kier molecular flexibility index (Phi) is 8.51. The fourth-order valence-electron chi connectivity index (χ4n) is 3.98. The third kappa shape index (κ3) is 6.05. The van der Waals surface area contributed by atoms with E-state index in [0.717, 1.165) is 19.3 Å². The van der Waals surface area contributed by atoms with Crippen molar-refractivity contribution in [2.24, 2.45) is 16.9 Å². The molecule has 1 aliphatic heterocycles. The van der Waals surface area contributed by atoms with Gasteiger partial charge >= 0.3 is 6.03 Å². The molecule has 1 aromatic carbocycles. The van der Waals surface area contributed by atoms with E-state index in [-0.39, 0.29) is 23.7 Å². The van der Waals surface area contributed by atoms with Gasteiger partial charge in [-0.25, -0.2) is 17.9 Å². The van der Waals surface area contributed by atoms with E-state index in [9.17, 15) is 22.4 Å². The number of benzene rings is 1. The van der Waals surface area contributed by atoms with Gasteiger partial charge in [0.15, 0.2) is 0 Å². The summed E-state index contributed by atoms with van der Waals surface area (Å²) in [5, 5.41) is 4.75. The summed E-state index contributed by atoms with van der Waals surface area (Å²) in [6, 6.07) is 3.62. The van der Waals surface area contributed by atoms with Gasteiger partial charge in [0.1, 0.15) is 22.4 Å². The summed E-state index contributed by atoms with van der Waals surface area (Å²) in [5.74, 6) is -0.0632. The lowest BCUT2D eigenvalue weighted by Crippen LogP contribution is -2.43. The van der Waals surface area contributed by atoms with Crippen LogP contribution < -0.4 is 9.46 Å². The van der Waals surface area contributed by atoms with E-state index in [0.29, 0.717) is 41.6 Å². The molecule has 0 bridgehead atoms. The van der Waals surface area contributed by atoms with E-state index in [2.05, 4.69) is 5.10 Å². The number of rotatable bonds is 11. The number of amides is 3. The molecule has 1 fully saturated rings. The van der Waals surface area contributed by atoms with Crippen molar-refractivity contribution in [3.8, 4) is 5.75 Å². The van der Waals surface area contributed by atoms with Gasteiger partial charge in [0.25, 0.3) is 15.9 Å². The maximum Gasteiger partial charge on any atom is 0.359 e. The Bertz CT molecular complexity index is 1040. The van der Waals surface area contributed by atoms with Gasteiger partial charge in [0.2, 0.25) is 0 Å². The van der Waals surface area contributed by atoms with Crippen LogP contribution in [0.5, 0.6) is 5.75 Å². The van der Waals surface area contributed by atoms with Gasteiger partial charge in [-0.1, -0.05) is 38.3 Å². The second kappa shape index (κ2) is 11.2. The number of urea groups is 1.